The van der Waals surface area contributed by atoms with Crippen molar-refractivity contribution in [2.75, 3.05) is 23.4 Å². The zero-order valence-electron chi connectivity index (χ0n) is 10.8. The zero-order chi connectivity index (χ0) is 13.5. The van der Waals surface area contributed by atoms with Crippen LogP contribution in [0.15, 0.2) is 6.20 Å². The lowest BCUT2D eigenvalue weighted by atomic mass is 10.2. The van der Waals surface area contributed by atoms with Crippen molar-refractivity contribution in [2.45, 2.75) is 26.7 Å². The van der Waals surface area contributed by atoms with Crippen LogP contribution in [-0.4, -0.2) is 29.0 Å². The van der Waals surface area contributed by atoms with Crippen LogP contribution < -0.4 is 21.9 Å². The molecule has 0 radical (unpaired) electrons. The number of hydrogen-bond acceptors (Lipinski definition) is 6. The van der Waals surface area contributed by atoms with Gasteiger partial charge < -0.3 is 10.6 Å². The van der Waals surface area contributed by atoms with E-state index in [0.717, 1.165) is 24.9 Å². The molecule has 5 N–H and O–H groups in total. The maximum Gasteiger partial charge on any atom is 0.239 e. The molecule has 0 bridgehead atoms. The molecule has 0 fully saturated rings. The van der Waals surface area contributed by atoms with Crippen LogP contribution in [-0.2, 0) is 4.79 Å². The topological polar surface area (TPSA) is 110 Å². The van der Waals surface area contributed by atoms with Crippen molar-refractivity contribution in [3.8, 4) is 0 Å². The van der Waals surface area contributed by atoms with E-state index in [1.807, 2.05) is 11.8 Å². The highest BCUT2D eigenvalue weighted by Gasteiger charge is 2.14. The summed E-state index contributed by atoms with van der Waals surface area (Å²) in [4.78, 5) is 21.2. The summed E-state index contributed by atoms with van der Waals surface area (Å²) in [6.07, 6.45) is 3.65. The Hall–Kier alpha value is -1.89. The largest absolute Gasteiger partial charge is 0.368 e. The summed E-state index contributed by atoms with van der Waals surface area (Å²) in [7, 11) is 0. The summed E-state index contributed by atoms with van der Waals surface area (Å²) in [6.45, 7) is 4.83. The first-order valence-electron chi connectivity index (χ1n) is 5.92. The van der Waals surface area contributed by atoms with Gasteiger partial charge in [-0.3, -0.25) is 10.2 Å². The number of unbranched alkanes of at least 4 members (excludes halogenated alkanes) is 1. The third-order valence-corrected chi connectivity index (χ3v) is 2.50. The van der Waals surface area contributed by atoms with Gasteiger partial charge >= 0.3 is 0 Å². The molecule has 0 aliphatic carbocycles. The van der Waals surface area contributed by atoms with Crippen molar-refractivity contribution < 1.29 is 4.79 Å². The fourth-order valence-electron chi connectivity index (χ4n) is 1.62. The molecular formula is C11H20N6O. The van der Waals surface area contributed by atoms with Gasteiger partial charge in [0.05, 0.1) is 6.54 Å². The van der Waals surface area contributed by atoms with Crippen LogP contribution in [0.3, 0.4) is 0 Å². The van der Waals surface area contributed by atoms with Crippen molar-refractivity contribution in [2.24, 2.45) is 11.6 Å². The summed E-state index contributed by atoms with van der Waals surface area (Å²) in [5, 5.41) is 0. The number of amides is 1. The van der Waals surface area contributed by atoms with Crippen molar-refractivity contribution in [3.63, 3.8) is 0 Å². The average molecular weight is 252 g/mol. The molecule has 1 aromatic rings. The number of nitrogen functional groups attached to an aromatic ring is 1. The Balaban J connectivity index is 2.98. The first kappa shape index (κ1) is 14.2. The number of aromatic nitrogens is 2. The van der Waals surface area contributed by atoms with Crippen molar-refractivity contribution in [1.82, 2.24) is 9.97 Å². The Bertz CT molecular complexity index is 409. The molecule has 7 nitrogen and oxygen atoms in total. The van der Waals surface area contributed by atoms with Crippen LogP contribution in [0.4, 0.5) is 11.8 Å². The van der Waals surface area contributed by atoms with Gasteiger partial charge in [-0.1, -0.05) is 13.3 Å². The number of anilines is 2. The highest BCUT2D eigenvalue weighted by Crippen LogP contribution is 2.18. The Kier molecular flexibility index (Phi) is 5.31. The van der Waals surface area contributed by atoms with E-state index in [0.29, 0.717) is 11.8 Å². The van der Waals surface area contributed by atoms with Crippen LogP contribution in [0.1, 0.15) is 25.3 Å². The Morgan fingerprint density at radius 2 is 2.28 bits per heavy atom. The maximum atomic E-state index is 11.1. The Morgan fingerprint density at radius 1 is 1.56 bits per heavy atom. The molecule has 1 rings (SSSR count). The normalized spacial score (nSPS) is 10.2. The molecule has 1 aromatic heterocycles. The van der Waals surface area contributed by atoms with Crippen LogP contribution in [0.25, 0.3) is 0 Å². The van der Waals surface area contributed by atoms with E-state index >= 15 is 0 Å². The monoisotopic (exact) mass is 252 g/mol. The minimum Gasteiger partial charge on any atom is -0.368 e. The number of carbonyl (C=O) groups excluding carboxylic acids is 1. The van der Waals surface area contributed by atoms with Gasteiger partial charge in [0, 0.05) is 18.3 Å². The van der Waals surface area contributed by atoms with E-state index in [9.17, 15) is 4.79 Å². The fraction of sp³-hybridized carbons (Fsp3) is 0.545. The molecule has 0 aliphatic heterocycles. The fourth-order valence-corrected chi connectivity index (χ4v) is 1.62. The van der Waals surface area contributed by atoms with Crippen LogP contribution in [0.2, 0.25) is 0 Å². The molecule has 0 unspecified atom stereocenters. The summed E-state index contributed by atoms with van der Waals surface area (Å²) in [5.41, 5.74) is 8.53. The zero-order valence-corrected chi connectivity index (χ0v) is 10.8. The number of aryl methyl sites for hydroxylation is 1. The molecule has 1 heterocycles. The molecule has 1 amide bonds. The molecule has 0 spiro atoms. The van der Waals surface area contributed by atoms with Crippen molar-refractivity contribution in [1.29, 1.82) is 0 Å². The van der Waals surface area contributed by atoms with Crippen LogP contribution in [0.5, 0.6) is 0 Å². The van der Waals surface area contributed by atoms with Gasteiger partial charge in [-0.2, -0.15) is 4.98 Å². The number of nitrogens with one attached hydrogen (secondary N) is 1. The van der Waals surface area contributed by atoms with Gasteiger partial charge in [0.1, 0.15) is 5.82 Å². The number of carbonyl (C=O) groups is 1. The molecule has 18 heavy (non-hydrogen) atoms. The number of nitrogens with zero attached hydrogens (tertiary/aromatic N) is 3. The number of rotatable bonds is 7. The first-order valence-corrected chi connectivity index (χ1v) is 5.92. The van der Waals surface area contributed by atoms with E-state index in [-0.39, 0.29) is 12.5 Å². The van der Waals surface area contributed by atoms with Gasteiger partial charge in [0.25, 0.3) is 0 Å². The van der Waals surface area contributed by atoms with E-state index in [1.54, 1.807) is 6.20 Å². The summed E-state index contributed by atoms with van der Waals surface area (Å²) >= 11 is 0. The number of hydrogen-bond donors (Lipinski definition) is 3. The minimum atomic E-state index is -0.383. The van der Waals surface area contributed by atoms with Crippen LogP contribution in [0, 0.1) is 6.92 Å². The summed E-state index contributed by atoms with van der Waals surface area (Å²) in [5.74, 6) is 5.91. The third kappa shape index (κ3) is 3.85. The lowest BCUT2D eigenvalue weighted by molar-refractivity contribution is -0.116. The third-order valence-electron chi connectivity index (χ3n) is 2.50. The lowest BCUT2D eigenvalue weighted by Crippen LogP contribution is -2.35. The van der Waals surface area contributed by atoms with Gasteiger partial charge in [0.15, 0.2) is 0 Å². The second kappa shape index (κ2) is 6.75. The molecule has 0 saturated heterocycles. The van der Waals surface area contributed by atoms with Gasteiger partial charge in [-0.15, -0.1) is 0 Å². The number of nitrogens with two attached hydrogens (primary N) is 2. The molecule has 100 valence electrons. The highest BCUT2D eigenvalue weighted by atomic mass is 16.1. The molecule has 7 heteroatoms. The summed E-state index contributed by atoms with van der Waals surface area (Å²) in [6, 6.07) is 0. The smallest absolute Gasteiger partial charge is 0.239 e. The van der Waals surface area contributed by atoms with E-state index in [2.05, 4.69) is 22.3 Å². The average Bonchev–Trinajstić information content (AvgIpc) is 2.35. The highest BCUT2D eigenvalue weighted by molar-refractivity contribution is 5.79. The minimum absolute atomic E-state index is 0.141. The molecule has 0 aromatic carbocycles. The first-order chi connectivity index (χ1) is 8.58. The predicted octanol–water partition coefficient (Wildman–Crippen LogP) is 0.162. The molecule has 0 saturated carbocycles. The van der Waals surface area contributed by atoms with Gasteiger partial charge in [0.2, 0.25) is 11.9 Å². The maximum absolute atomic E-state index is 11.1. The predicted molar refractivity (Wildman–Crippen MR) is 70.9 cm³/mol. The lowest BCUT2D eigenvalue weighted by Gasteiger charge is -2.23. The van der Waals surface area contributed by atoms with Crippen molar-refractivity contribution in [3.05, 3.63) is 11.8 Å². The second-order valence-electron chi connectivity index (χ2n) is 4.09. The Morgan fingerprint density at radius 3 is 2.83 bits per heavy atom. The van der Waals surface area contributed by atoms with Gasteiger partial charge in [-0.05, 0) is 13.3 Å². The van der Waals surface area contributed by atoms with Crippen LogP contribution >= 0.6 is 0 Å². The SMILES string of the molecule is CCCCN(CC(N)=O)c1nc(NN)ncc1C. The molecular weight excluding hydrogens is 232 g/mol. The van der Waals surface area contributed by atoms with Gasteiger partial charge in [-0.25, -0.2) is 10.8 Å². The van der Waals surface area contributed by atoms with Crippen molar-refractivity contribution >= 4 is 17.7 Å². The number of primary amides is 1. The van der Waals surface area contributed by atoms with E-state index in [1.165, 1.54) is 0 Å². The quantitative estimate of drug-likeness (QED) is 0.471. The summed E-state index contributed by atoms with van der Waals surface area (Å²) < 4.78 is 0. The Labute approximate surface area is 107 Å². The second-order valence-corrected chi connectivity index (χ2v) is 4.09. The van der Waals surface area contributed by atoms with E-state index in [4.69, 9.17) is 11.6 Å². The van der Waals surface area contributed by atoms with E-state index < -0.39 is 0 Å². The molecule has 0 aliphatic rings. The standard InChI is InChI=1S/C11H20N6O/c1-3-4-5-17(7-9(12)18)10-8(2)6-14-11(15-10)16-13/h6H,3-5,7,13H2,1-2H3,(H2,12,18)(H,14,15,16). The molecule has 0 atom stereocenters. The number of hydrazine groups is 1.